The number of carboxylic acids is 1. The third-order valence-electron chi connectivity index (χ3n) is 3.05. The van der Waals surface area contributed by atoms with Crippen molar-refractivity contribution in [2.75, 3.05) is 6.61 Å². The van der Waals surface area contributed by atoms with Gasteiger partial charge in [0.2, 0.25) is 0 Å². The van der Waals surface area contributed by atoms with E-state index in [9.17, 15) is 18.0 Å². The zero-order chi connectivity index (χ0) is 16.3. The molecule has 0 bridgehead atoms. The van der Waals surface area contributed by atoms with Gasteiger partial charge in [0.1, 0.15) is 5.75 Å². The van der Waals surface area contributed by atoms with Crippen LogP contribution in [0, 0.1) is 0 Å². The van der Waals surface area contributed by atoms with E-state index in [0.717, 1.165) is 12.1 Å². The van der Waals surface area contributed by atoms with Crippen LogP contribution < -0.4 is 4.74 Å². The normalized spacial score (nSPS) is 11.3. The Hall–Kier alpha value is -2.50. The summed E-state index contributed by atoms with van der Waals surface area (Å²) >= 11 is 0. The fourth-order valence-corrected chi connectivity index (χ4v) is 2.01. The van der Waals surface area contributed by atoms with Crippen molar-refractivity contribution < 1.29 is 27.8 Å². The van der Waals surface area contributed by atoms with Gasteiger partial charge in [-0.1, -0.05) is 12.1 Å². The van der Waals surface area contributed by atoms with E-state index in [4.69, 9.17) is 9.84 Å². The molecule has 3 nitrogen and oxygen atoms in total. The third kappa shape index (κ3) is 3.39. The van der Waals surface area contributed by atoms with Crippen LogP contribution in [0.15, 0.2) is 42.5 Å². The predicted octanol–water partition coefficient (Wildman–Crippen LogP) is 4.47. The zero-order valence-corrected chi connectivity index (χ0v) is 11.6. The number of ether oxygens (including phenoxy) is 1. The van der Waals surface area contributed by atoms with Crippen LogP contribution in [0.25, 0.3) is 11.1 Å². The molecule has 0 fully saturated rings. The Morgan fingerprint density at radius 1 is 1.14 bits per heavy atom. The van der Waals surface area contributed by atoms with E-state index < -0.39 is 17.7 Å². The minimum absolute atomic E-state index is 0.0547. The second-order valence-electron chi connectivity index (χ2n) is 4.52. The number of halogens is 3. The van der Waals surface area contributed by atoms with Crippen LogP contribution >= 0.6 is 0 Å². The number of carboxylic acid groups (broad SMARTS) is 1. The summed E-state index contributed by atoms with van der Waals surface area (Å²) in [5, 5.41) is 8.98. The Morgan fingerprint density at radius 3 is 2.27 bits per heavy atom. The van der Waals surface area contributed by atoms with Gasteiger partial charge in [0.25, 0.3) is 0 Å². The molecule has 1 N–H and O–H groups in total. The highest BCUT2D eigenvalue weighted by Gasteiger charge is 2.30. The summed E-state index contributed by atoms with van der Waals surface area (Å²) in [6.07, 6.45) is -4.39. The van der Waals surface area contributed by atoms with Crippen molar-refractivity contribution in [1.82, 2.24) is 0 Å². The second kappa shape index (κ2) is 6.09. The van der Waals surface area contributed by atoms with Crippen LogP contribution in [0.1, 0.15) is 22.8 Å². The van der Waals surface area contributed by atoms with Gasteiger partial charge in [0, 0.05) is 5.56 Å². The smallest absolute Gasteiger partial charge is 0.416 e. The molecule has 0 aliphatic carbocycles. The van der Waals surface area contributed by atoms with E-state index in [-0.39, 0.29) is 5.56 Å². The fraction of sp³-hybridized carbons (Fsp3) is 0.188. The summed E-state index contributed by atoms with van der Waals surface area (Å²) in [6.45, 7) is 2.06. The van der Waals surface area contributed by atoms with Gasteiger partial charge in [-0.25, -0.2) is 4.79 Å². The minimum Gasteiger partial charge on any atom is -0.493 e. The Labute approximate surface area is 125 Å². The number of aromatic carboxylic acids is 1. The number of carbonyl (C=O) groups is 1. The Kier molecular flexibility index (Phi) is 4.40. The van der Waals surface area contributed by atoms with Gasteiger partial charge < -0.3 is 9.84 Å². The van der Waals surface area contributed by atoms with Crippen LogP contribution in [0.5, 0.6) is 5.75 Å². The summed E-state index contributed by atoms with van der Waals surface area (Å²) in [6, 6.07) is 8.91. The number of benzene rings is 2. The lowest BCUT2D eigenvalue weighted by atomic mass is 10.0. The predicted molar refractivity (Wildman–Crippen MR) is 75.0 cm³/mol. The largest absolute Gasteiger partial charge is 0.493 e. The van der Waals surface area contributed by atoms with Crippen molar-refractivity contribution in [1.29, 1.82) is 0 Å². The molecular weight excluding hydrogens is 297 g/mol. The molecule has 0 aromatic heterocycles. The average Bonchev–Trinajstić information content (AvgIpc) is 2.47. The highest BCUT2D eigenvalue weighted by atomic mass is 19.4. The van der Waals surface area contributed by atoms with Gasteiger partial charge in [-0.05, 0) is 42.8 Å². The number of alkyl halides is 3. The van der Waals surface area contributed by atoms with Gasteiger partial charge in [-0.15, -0.1) is 0 Å². The molecule has 0 spiro atoms. The van der Waals surface area contributed by atoms with Crippen LogP contribution in [0.2, 0.25) is 0 Å². The summed E-state index contributed by atoms with van der Waals surface area (Å²) in [4.78, 5) is 11.0. The van der Waals surface area contributed by atoms with Crippen molar-refractivity contribution in [2.24, 2.45) is 0 Å². The molecular formula is C16H13F3O3. The van der Waals surface area contributed by atoms with E-state index >= 15 is 0 Å². The SMILES string of the molecule is CCOc1cc(C(=O)O)ccc1-c1ccc(C(F)(F)F)cc1. The van der Waals surface area contributed by atoms with Crippen LogP contribution in [-0.4, -0.2) is 17.7 Å². The van der Waals surface area contributed by atoms with Gasteiger partial charge >= 0.3 is 12.1 Å². The maximum Gasteiger partial charge on any atom is 0.416 e. The molecule has 0 saturated carbocycles. The molecule has 0 aliphatic rings. The van der Waals surface area contributed by atoms with Crippen molar-refractivity contribution in [3.8, 4) is 16.9 Å². The zero-order valence-electron chi connectivity index (χ0n) is 11.6. The van der Waals surface area contributed by atoms with Crippen molar-refractivity contribution in [3.63, 3.8) is 0 Å². The van der Waals surface area contributed by atoms with E-state index in [1.165, 1.54) is 30.3 Å². The molecule has 0 radical (unpaired) electrons. The first kappa shape index (κ1) is 15.9. The van der Waals surface area contributed by atoms with Gasteiger partial charge in [-0.2, -0.15) is 13.2 Å². The molecule has 2 rings (SSSR count). The Morgan fingerprint density at radius 2 is 1.77 bits per heavy atom. The van der Waals surface area contributed by atoms with E-state index in [0.29, 0.717) is 23.5 Å². The second-order valence-corrected chi connectivity index (χ2v) is 4.52. The number of hydrogen-bond donors (Lipinski definition) is 1. The molecule has 22 heavy (non-hydrogen) atoms. The lowest BCUT2D eigenvalue weighted by molar-refractivity contribution is -0.137. The molecule has 0 atom stereocenters. The highest BCUT2D eigenvalue weighted by molar-refractivity contribution is 5.89. The molecule has 0 heterocycles. The molecule has 2 aromatic carbocycles. The molecule has 116 valence electrons. The maximum atomic E-state index is 12.6. The van der Waals surface area contributed by atoms with E-state index in [1.807, 2.05) is 0 Å². The van der Waals surface area contributed by atoms with Crippen molar-refractivity contribution in [3.05, 3.63) is 53.6 Å². The summed E-state index contributed by atoms with van der Waals surface area (Å²) < 4.78 is 43.1. The quantitative estimate of drug-likeness (QED) is 0.906. The highest BCUT2D eigenvalue weighted by Crippen LogP contribution is 2.34. The first-order chi connectivity index (χ1) is 10.3. The van der Waals surface area contributed by atoms with E-state index in [1.54, 1.807) is 6.92 Å². The van der Waals surface area contributed by atoms with Gasteiger partial charge in [0.05, 0.1) is 17.7 Å². The van der Waals surface area contributed by atoms with Crippen molar-refractivity contribution >= 4 is 5.97 Å². The summed E-state index contributed by atoms with van der Waals surface area (Å²) in [7, 11) is 0. The van der Waals surface area contributed by atoms with E-state index in [2.05, 4.69) is 0 Å². The maximum absolute atomic E-state index is 12.6. The molecule has 0 aliphatic heterocycles. The third-order valence-corrected chi connectivity index (χ3v) is 3.05. The first-order valence-corrected chi connectivity index (χ1v) is 6.50. The molecule has 2 aromatic rings. The molecule has 0 unspecified atom stereocenters. The molecule has 0 amide bonds. The van der Waals surface area contributed by atoms with Gasteiger partial charge in [0.15, 0.2) is 0 Å². The minimum atomic E-state index is -4.39. The van der Waals surface area contributed by atoms with Crippen LogP contribution in [0.4, 0.5) is 13.2 Å². The number of rotatable bonds is 4. The Bertz CT molecular complexity index is 676. The Balaban J connectivity index is 2.45. The standard InChI is InChI=1S/C16H13F3O3/c1-2-22-14-9-11(15(20)21)5-8-13(14)10-3-6-12(7-4-10)16(17,18)19/h3-9H,2H2,1H3,(H,20,21). The fourth-order valence-electron chi connectivity index (χ4n) is 2.01. The lowest BCUT2D eigenvalue weighted by Gasteiger charge is -2.12. The molecule has 0 saturated heterocycles. The van der Waals surface area contributed by atoms with Gasteiger partial charge in [-0.3, -0.25) is 0 Å². The topological polar surface area (TPSA) is 46.5 Å². The van der Waals surface area contributed by atoms with Crippen molar-refractivity contribution in [2.45, 2.75) is 13.1 Å². The average molecular weight is 310 g/mol. The monoisotopic (exact) mass is 310 g/mol. The molecule has 6 heteroatoms. The van der Waals surface area contributed by atoms with Crippen LogP contribution in [-0.2, 0) is 6.18 Å². The summed E-state index contributed by atoms with van der Waals surface area (Å²) in [5.41, 5.74) is 0.379. The first-order valence-electron chi connectivity index (χ1n) is 6.50. The number of hydrogen-bond acceptors (Lipinski definition) is 2. The van der Waals surface area contributed by atoms with Crippen LogP contribution in [0.3, 0.4) is 0 Å². The summed E-state index contributed by atoms with van der Waals surface area (Å²) in [5.74, 6) is -0.776. The lowest BCUT2D eigenvalue weighted by Crippen LogP contribution is -2.04.